The van der Waals surface area contributed by atoms with Crippen LogP contribution in [0.5, 0.6) is 0 Å². The first kappa shape index (κ1) is 11.1. The first-order chi connectivity index (χ1) is 7.59. The molecule has 0 radical (unpaired) electrons. The molecule has 0 amide bonds. The van der Waals surface area contributed by atoms with Crippen LogP contribution in [-0.4, -0.2) is 18.6 Å². The lowest BCUT2D eigenvalue weighted by Crippen LogP contribution is -2.56. The number of esters is 1. The van der Waals surface area contributed by atoms with E-state index in [0.29, 0.717) is 6.54 Å². The van der Waals surface area contributed by atoms with Crippen molar-refractivity contribution in [3.63, 3.8) is 0 Å². The van der Waals surface area contributed by atoms with Gasteiger partial charge < -0.3 is 4.74 Å². The number of carbonyl (C=O) groups is 1. The molecule has 16 heavy (non-hydrogen) atoms. The number of hydrogen-bond donors (Lipinski definition) is 1. The minimum absolute atomic E-state index is 0.116. The van der Waals surface area contributed by atoms with Crippen LogP contribution in [0.3, 0.4) is 0 Å². The SMILES string of the molecule is COC(=O)[C@]1(C)NCc2ccccc2[C@@H]1C. The normalized spacial score (nSPS) is 28.3. The smallest absolute Gasteiger partial charge is 0.326 e. The maximum atomic E-state index is 11.8. The van der Waals surface area contributed by atoms with Crippen LogP contribution in [0.2, 0.25) is 0 Å². The molecule has 2 rings (SSSR count). The van der Waals surface area contributed by atoms with Gasteiger partial charge in [0.05, 0.1) is 7.11 Å². The van der Waals surface area contributed by atoms with E-state index in [1.165, 1.54) is 18.2 Å². The number of rotatable bonds is 1. The molecule has 2 atom stereocenters. The topological polar surface area (TPSA) is 38.3 Å². The maximum Gasteiger partial charge on any atom is 0.326 e. The van der Waals surface area contributed by atoms with Gasteiger partial charge in [0.25, 0.3) is 0 Å². The van der Waals surface area contributed by atoms with Gasteiger partial charge in [0.1, 0.15) is 5.54 Å². The fourth-order valence-electron chi connectivity index (χ4n) is 2.32. The number of nitrogens with one attached hydrogen (secondary N) is 1. The van der Waals surface area contributed by atoms with Crippen LogP contribution in [0, 0.1) is 0 Å². The molecule has 3 nitrogen and oxygen atoms in total. The van der Waals surface area contributed by atoms with Crippen LogP contribution in [0.15, 0.2) is 24.3 Å². The molecule has 3 heteroatoms. The number of carbonyl (C=O) groups excluding carboxylic acids is 1. The lowest BCUT2D eigenvalue weighted by molar-refractivity contribution is -0.149. The third-order valence-corrected chi connectivity index (χ3v) is 3.64. The molecule has 0 saturated carbocycles. The largest absolute Gasteiger partial charge is 0.468 e. The summed E-state index contributed by atoms with van der Waals surface area (Å²) < 4.78 is 4.88. The van der Waals surface area contributed by atoms with Crippen molar-refractivity contribution in [2.45, 2.75) is 31.8 Å². The minimum atomic E-state index is -0.622. The highest BCUT2D eigenvalue weighted by atomic mass is 16.5. The zero-order chi connectivity index (χ0) is 11.8. The molecule has 0 fully saturated rings. The van der Waals surface area contributed by atoms with E-state index in [4.69, 9.17) is 4.74 Å². The third kappa shape index (κ3) is 1.52. The van der Waals surface area contributed by atoms with Gasteiger partial charge in [-0.15, -0.1) is 0 Å². The summed E-state index contributed by atoms with van der Waals surface area (Å²) in [5.74, 6) is -0.0839. The second-order valence-corrected chi connectivity index (χ2v) is 4.47. The Hall–Kier alpha value is -1.35. The number of fused-ring (bicyclic) bond motifs is 1. The molecule has 86 valence electrons. The summed E-state index contributed by atoms with van der Waals surface area (Å²) in [6, 6.07) is 8.21. The second-order valence-electron chi connectivity index (χ2n) is 4.47. The summed E-state index contributed by atoms with van der Waals surface area (Å²) >= 11 is 0. The van der Waals surface area contributed by atoms with Crippen molar-refractivity contribution in [3.05, 3.63) is 35.4 Å². The quantitative estimate of drug-likeness (QED) is 0.732. The van der Waals surface area contributed by atoms with Gasteiger partial charge in [-0.2, -0.15) is 0 Å². The first-order valence-corrected chi connectivity index (χ1v) is 5.51. The van der Waals surface area contributed by atoms with Crippen molar-refractivity contribution in [2.24, 2.45) is 0 Å². The Balaban J connectivity index is 2.41. The van der Waals surface area contributed by atoms with Crippen molar-refractivity contribution in [1.82, 2.24) is 5.32 Å². The maximum absolute atomic E-state index is 11.8. The van der Waals surface area contributed by atoms with Crippen LogP contribution < -0.4 is 5.32 Å². The molecule has 1 N–H and O–H groups in total. The standard InChI is InChI=1S/C13H17NO2/c1-9-11-7-5-4-6-10(11)8-14-13(9,2)12(15)16-3/h4-7,9,14H,8H2,1-3H3/t9-,13+/m0/s1. The summed E-state index contributed by atoms with van der Waals surface area (Å²) in [6.45, 7) is 4.67. The summed E-state index contributed by atoms with van der Waals surface area (Å²) in [7, 11) is 1.43. The Bertz CT molecular complexity index is 416. The Labute approximate surface area is 95.8 Å². The van der Waals surface area contributed by atoms with E-state index in [1.807, 2.05) is 19.1 Å². The molecule has 1 heterocycles. The van der Waals surface area contributed by atoms with E-state index >= 15 is 0 Å². The molecule has 1 aromatic rings. The van der Waals surface area contributed by atoms with Gasteiger partial charge in [-0.25, -0.2) is 0 Å². The lowest BCUT2D eigenvalue weighted by Gasteiger charge is -2.39. The van der Waals surface area contributed by atoms with Gasteiger partial charge >= 0.3 is 5.97 Å². The number of methoxy groups -OCH3 is 1. The fourth-order valence-corrected chi connectivity index (χ4v) is 2.32. The zero-order valence-electron chi connectivity index (χ0n) is 9.91. The molecule has 1 aliphatic heterocycles. The molecule has 0 saturated heterocycles. The average molecular weight is 219 g/mol. The molecule has 0 unspecified atom stereocenters. The summed E-state index contributed by atoms with van der Waals surface area (Å²) in [5, 5.41) is 3.28. The second kappa shape index (κ2) is 3.91. The lowest BCUT2D eigenvalue weighted by atomic mass is 9.77. The fraction of sp³-hybridized carbons (Fsp3) is 0.462. The van der Waals surface area contributed by atoms with E-state index in [9.17, 15) is 4.79 Å². The summed E-state index contributed by atoms with van der Waals surface area (Å²) in [6.07, 6.45) is 0. The van der Waals surface area contributed by atoms with Crippen molar-refractivity contribution < 1.29 is 9.53 Å². The van der Waals surface area contributed by atoms with Gasteiger partial charge in [0.2, 0.25) is 0 Å². The molecule has 1 aromatic carbocycles. The number of ether oxygens (including phenoxy) is 1. The highest BCUT2D eigenvalue weighted by Gasteiger charge is 2.43. The Morgan fingerprint density at radius 2 is 2.19 bits per heavy atom. The monoisotopic (exact) mass is 219 g/mol. The van der Waals surface area contributed by atoms with Crippen molar-refractivity contribution >= 4 is 5.97 Å². The van der Waals surface area contributed by atoms with Crippen LogP contribution in [0.4, 0.5) is 0 Å². The van der Waals surface area contributed by atoms with E-state index in [-0.39, 0.29) is 11.9 Å². The van der Waals surface area contributed by atoms with Crippen molar-refractivity contribution in [3.8, 4) is 0 Å². The van der Waals surface area contributed by atoms with Gasteiger partial charge in [-0.1, -0.05) is 31.2 Å². The molecule has 0 aliphatic carbocycles. The number of benzene rings is 1. The summed E-state index contributed by atoms with van der Waals surface area (Å²) in [5.41, 5.74) is 1.87. The van der Waals surface area contributed by atoms with Gasteiger partial charge in [0, 0.05) is 12.5 Å². The van der Waals surface area contributed by atoms with E-state index in [2.05, 4.69) is 24.4 Å². The van der Waals surface area contributed by atoms with Gasteiger partial charge in [-0.3, -0.25) is 10.1 Å². The van der Waals surface area contributed by atoms with Crippen LogP contribution >= 0.6 is 0 Å². The summed E-state index contributed by atoms with van der Waals surface area (Å²) in [4.78, 5) is 11.8. The molecular weight excluding hydrogens is 202 g/mol. The Kier molecular flexibility index (Phi) is 2.72. The van der Waals surface area contributed by atoms with Crippen molar-refractivity contribution in [1.29, 1.82) is 0 Å². The minimum Gasteiger partial charge on any atom is -0.468 e. The predicted molar refractivity (Wildman–Crippen MR) is 62.1 cm³/mol. The van der Waals surface area contributed by atoms with E-state index < -0.39 is 5.54 Å². The van der Waals surface area contributed by atoms with Gasteiger partial charge in [0.15, 0.2) is 0 Å². The van der Waals surface area contributed by atoms with Crippen LogP contribution in [-0.2, 0) is 16.1 Å². The van der Waals surface area contributed by atoms with E-state index in [0.717, 1.165) is 0 Å². The first-order valence-electron chi connectivity index (χ1n) is 5.51. The van der Waals surface area contributed by atoms with Crippen molar-refractivity contribution in [2.75, 3.05) is 7.11 Å². The Morgan fingerprint density at radius 3 is 2.88 bits per heavy atom. The number of hydrogen-bond acceptors (Lipinski definition) is 3. The van der Waals surface area contributed by atoms with Crippen LogP contribution in [0.25, 0.3) is 0 Å². The molecular formula is C13H17NO2. The van der Waals surface area contributed by atoms with E-state index in [1.54, 1.807) is 0 Å². The zero-order valence-corrected chi connectivity index (χ0v) is 9.91. The molecule has 0 bridgehead atoms. The Morgan fingerprint density at radius 1 is 1.50 bits per heavy atom. The molecule has 1 aliphatic rings. The highest BCUT2D eigenvalue weighted by Crippen LogP contribution is 2.35. The third-order valence-electron chi connectivity index (χ3n) is 3.64. The highest BCUT2D eigenvalue weighted by molar-refractivity contribution is 5.82. The average Bonchev–Trinajstić information content (AvgIpc) is 2.33. The predicted octanol–water partition coefficient (Wildman–Crippen LogP) is 1.82. The van der Waals surface area contributed by atoms with Crippen LogP contribution in [0.1, 0.15) is 30.9 Å². The van der Waals surface area contributed by atoms with Gasteiger partial charge in [-0.05, 0) is 18.1 Å². The molecule has 0 spiro atoms. The molecule has 0 aromatic heterocycles.